The first-order valence-corrected chi connectivity index (χ1v) is 11.2. The summed E-state index contributed by atoms with van der Waals surface area (Å²) >= 11 is -0.218. The summed E-state index contributed by atoms with van der Waals surface area (Å²) in [4.78, 5) is 20.4. The van der Waals surface area contributed by atoms with Crippen molar-refractivity contribution in [2.75, 3.05) is 11.1 Å². The number of ether oxygens (including phenoxy) is 1. The van der Waals surface area contributed by atoms with Crippen LogP contribution in [0.4, 0.5) is 25.6 Å². The van der Waals surface area contributed by atoms with Crippen LogP contribution in [-0.4, -0.2) is 25.1 Å². The topological polar surface area (TPSA) is 134 Å². The van der Waals surface area contributed by atoms with E-state index in [0.29, 0.717) is 23.4 Å². The second kappa shape index (κ2) is 10.4. The molecular formula is C23H21F2N7O2S. The maximum absolute atomic E-state index is 13.8. The Balaban J connectivity index is 1.74. The van der Waals surface area contributed by atoms with Crippen molar-refractivity contribution in [1.29, 1.82) is 0 Å². The average molecular weight is 498 g/mol. The number of nitrogens with one attached hydrogen (secondary N) is 1. The van der Waals surface area contributed by atoms with Crippen LogP contribution in [0.1, 0.15) is 35.4 Å². The smallest absolute Gasteiger partial charge is 0.254 e. The van der Waals surface area contributed by atoms with Gasteiger partial charge in [-0.1, -0.05) is 25.1 Å². The monoisotopic (exact) mass is 497 g/mol. The fourth-order valence-electron chi connectivity index (χ4n) is 3.48. The second-order valence-electron chi connectivity index (χ2n) is 7.41. The summed E-state index contributed by atoms with van der Waals surface area (Å²) in [5.41, 5.74) is 13.4. The normalized spacial score (nSPS) is 11.7. The molecule has 0 fully saturated rings. The van der Waals surface area contributed by atoms with Gasteiger partial charge in [-0.15, -0.1) is 3.89 Å². The van der Waals surface area contributed by atoms with Crippen molar-refractivity contribution < 1.29 is 17.8 Å². The molecule has 0 bridgehead atoms. The molecule has 180 valence electrons. The fraction of sp³-hybridized carbons (Fsp3) is 0.130. The molecule has 4 rings (SSSR count). The van der Waals surface area contributed by atoms with Crippen LogP contribution in [0, 0.1) is 5.82 Å². The lowest BCUT2D eigenvalue weighted by molar-refractivity contribution is 0.100. The molecule has 0 radical (unpaired) electrons. The molecule has 4 aromatic rings. The Bertz CT molecular complexity index is 1330. The summed E-state index contributed by atoms with van der Waals surface area (Å²) in [5.74, 6) is -0.597. The lowest BCUT2D eigenvalue weighted by atomic mass is 10.0. The average Bonchev–Trinajstić information content (AvgIpc) is 3.23. The number of carbonyl (C=O) groups excluding carboxylic acids is 1. The Hall–Kier alpha value is -4.19. The van der Waals surface area contributed by atoms with Crippen molar-refractivity contribution in [3.63, 3.8) is 0 Å². The number of nitrogens with zero attached hydrogens (tertiary/aromatic N) is 4. The zero-order chi connectivity index (χ0) is 24.9. The van der Waals surface area contributed by atoms with Crippen molar-refractivity contribution in [2.45, 2.75) is 19.4 Å². The third-order valence-electron chi connectivity index (χ3n) is 5.15. The second-order valence-corrected chi connectivity index (χ2v) is 7.90. The van der Waals surface area contributed by atoms with E-state index >= 15 is 0 Å². The number of benzene rings is 2. The molecule has 2 heterocycles. The molecule has 35 heavy (non-hydrogen) atoms. The van der Waals surface area contributed by atoms with E-state index in [-0.39, 0.29) is 41.0 Å². The van der Waals surface area contributed by atoms with Crippen LogP contribution >= 0.6 is 12.3 Å². The lowest BCUT2D eigenvalue weighted by Gasteiger charge is -2.20. The van der Waals surface area contributed by atoms with Gasteiger partial charge in [0.25, 0.3) is 5.91 Å². The number of primary amides is 1. The first kappa shape index (κ1) is 24.0. The van der Waals surface area contributed by atoms with Gasteiger partial charge >= 0.3 is 0 Å². The van der Waals surface area contributed by atoms with Crippen LogP contribution in [-0.2, 0) is 0 Å². The molecule has 0 aliphatic heterocycles. The van der Waals surface area contributed by atoms with E-state index in [0.717, 1.165) is 9.65 Å². The zero-order valence-corrected chi connectivity index (χ0v) is 19.3. The minimum Gasteiger partial charge on any atom is -0.484 e. The Labute approximate surface area is 203 Å². The largest absolute Gasteiger partial charge is 0.484 e. The van der Waals surface area contributed by atoms with Crippen molar-refractivity contribution in [1.82, 2.24) is 19.2 Å². The van der Waals surface area contributed by atoms with E-state index in [2.05, 4.69) is 20.4 Å². The predicted molar refractivity (Wildman–Crippen MR) is 130 cm³/mol. The summed E-state index contributed by atoms with van der Waals surface area (Å²) in [5, 5.41) is 7.04. The molecule has 2 aromatic carbocycles. The highest BCUT2D eigenvalue weighted by molar-refractivity contribution is 7.92. The van der Waals surface area contributed by atoms with E-state index in [1.807, 2.05) is 6.92 Å². The molecule has 0 saturated carbocycles. The third-order valence-corrected chi connectivity index (χ3v) is 5.54. The van der Waals surface area contributed by atoms with E-state index in [1.54, 1.807) is 30.3 Å². The molecule has 0 aliphatic carbocycles. The fourth-order valence-corrected chi connectivity index (χ4v) is 3.80. The first-order chi connectivity index (χ1) is 16.9. The number of aromatic nitrogens is 4. The van der Waals surface area contributed by atoms with Gasteiger partial charge in [0.1, 0.15) is 34.7 Å². The van der Waals surface area contributed by atoms with Crippen molar-refractivity contribution in [3.8, 4) is 17.0 Å². The van der Waals surface area contributed by atoms with Crippen LogP contribution in [0.3, 0.4) is 0 Å². The summed E-state index contributed by atoms with van der Waals surface area (Å²) in [6, 6.07) is 10.8. The molecule has 5 N–H and O–H groups in total. The molecule has 12 heteroatoms. The van der Waals surface area contributed by atoms with Gasteiger partial charge in [0, 0.05) is 18.0 Å². The molecule has 0 saturated heterocycles. The van der Waals surface area contributed by atoms with Crippen LogP contribution < -0.4 is 21.5 Å². The van der Waals surface area contributed by atoms with Gasteiger partial charge in [-0.2, -0.15) is 9.19 Å². The molecule has 1 amide bonds. The number of nitrogen functional groups attached to an aromatic ring is 1. The number of nitrogens with two attached hydrogens (primary N) is 2. The minimum absolute atomic E-state index is 0.00228. The highest BCUT2D eigenvalue weighted by Crippen LogP contribution is 2.37. The highest BCUT2D eigenvalue weighted by atomic mass is 32.2. The lowest BCUT2D eigenvalue weighted by Crippen LogP contribution is -2.14. The predicted octanol–water partition coefficient (Wildman–Crippen LogP) is 4.81. The molecule has 1 atom stereocenters. The van der Waals surface area contributed by atoms with Gasteiger partial charge in [0.05, 0.1) is 11.9 Å². The quantitative estimate of drug-likeness (QED) is 0.280. The van der Waals surface area contributed by atoms with E-state index in [1.165, 1.54) is 30.7 Å². The van der Waals surface area contributed by atoms with Crippen molar-refractivity contribution >= 4 is 35.6 Å². The standard InChI is InChI=1S/C23H21F2N7O2S/c1-2-17(13-3-6-15(24)7-4-13)34-18-11-14(5-8-16(18)26)21-20(22(27)33)23(32(31-21)35-25)30-19-12-28-9-10-29-19/h3-12,17H,2,26H2,1H3,(H2,27,33)(H,29,30). The summed E-state index contributed by atoms with van der Waals surface area (Å²) < 4.78 is 34.1. The first-order valence-electron chi connectivity index (χ1n) is 10.5. The zero-order valence-electron chi connectivity index (χ0n) is 18.5. The number of hydrogen-bond acceptors (Lipinski definition) is 8. The SMILES string of the molecule is CCC(Oc1cc(-c2nn(SF)c(Nc3cnccn3)c2C(N)=O)ccc1N)c1ccc(F)cc1. The highest BCUT2D eigenvalue weighted by Gasteiger charge is 2.26. The number of carbonyl (C=O) groups is 1. The Morgan fingerprint density at radius 3 is 2.63 bits per heavy atom. The van der Waals surface area contributed by atoms with Crippen LogP contribution in [0.25, 0.3) is 11.3 Å². The number of rotatable bonds is 9. The Kier molecular flexibility index (Phi) is 7.11. The van der Waals surface area contributed by atoms with E-state index in [9.17, 15) is 13.1 Å². The van der Waals surface area contributed by atoms with Gasteiger partial charge in [-0.3, -0.25) is 9.78 Å². The van der Waals surface area contributed by atoms with Gasteiger partial charge in [0.2, 0.25) is 0 Å². The minimum atomic E-state index is -0.830. The summed E-state index contributed by atoms with van der Waals surface area (Å²) in [6.45, 7) is 1.92. The van der Waals surface area contributed by atoms with Crippen LogP contribution in [0.15, 0.2) is 61.1 Å². The van der Waals surface area contributed by atoms with Gasteiger partial charge < -0.3 is 21.5 Å². The molecule has 9 nitrogen and oxygen atoms in total. The van der Waals surface area contributed by atoms with Gasteiger partial charge in [-0.25, -0.2) is 9.37 Å². The molecule has 1 unspecified atom stereocenters. The Morgan fingerprint density at radius 2 is 2.00 bits per heavy atom. The summed E-state index contributed by atoms with van der Waals surface area (Å²) in [6.07, 6.45) is 4.49. The van der Waals surface area contributed by atoms with Crippen LogP contribution in [0.2, 0.25) is 0 Å². The maximum Gasteiger partial charge on any atom is 0.254 e. The molecule has 0 aliphatic rings. The molecule has 2 aromatic heterocycles. The van der Waals surface area contributed by atoms with E-state index < -0.39 is 12.0 Å². The number of anilines is 3. The van der Waals surface area contributed by atoms with Crippen molar-refractivity contribution in [2.24, 2.45) is 5.73 Å². The molecule has 0 spiro atoms. The third kappa shape index (κ3) is 5.17. The van der Waals surface area contributed by atoms with Crippen molar-refractivity contribution in [3.05, 3.63) is 78.0 Å². The molecular weight excluding hydrogens is 476 g/mol. The van der Waals surface area contributed by atoms with Gasteiger partial charge in [-0.05, 0) is 36.2 Å². The van der Waals surface area contributed by atoms with E-state index in [4.69, 9.17) is 16.2 Å². The van der Waals surface area contributed by atoms with Gasteiger partial charge in [0.15, 0.2) is 18.2 Å². The summed E-state index contributed by atoms with van der Waals surface area (Å²) in [7, 11) is 0. The number of halogens is 2. The number of hydrogen-bond donors (Lipinski definition) is 3. The maximum atomic E-state index is 13.8. The Morgan fingerprint density at radius 1 is 1.23 bits per heavy atom. The van der Waals surface area contributed by atoms with Crippen LogP contribution in [0.5, 0.6) is 5.75 Å². The number of amides is 1.